The molecule has 17 heavy (non-hydrogen) atoms. The summed E-state index contributed by atoms with van der Waals surface area (Å²) in [7, 11) is 0. The molecule has 0 saturated carbocycles. The summed E-state index contributed by atoms with van der Waals surface area (Å²) < 4.78 is 19.3. The van der Waals surface area contributed by atoms with E-state index >= 15 is 0 Å². The van der Waals surface area contributed by atoms with E-state index in [2.05, 4.69) is 26.6 Å². The molecule has 0 aromatic heterocycles. The van der Waals surface area contributed by atoms with Crippen LogP contribution < -0.4 is 10.6 Å². The minimum atomic E-state index is -0.574. The van der Waals surface area contributed by atoms with Crippen LogP contribution in [0.2, 0.25) is 0 Å². The largest absolute Gasteiger partial charge is 0.366 e. The van der Waals surface area contributed by atoms with Gasteiger partial charge in [-0.15, -0.1) is 0 Å². The van der Waals surface area contributed by atoms with Gasteiger partial charge in [-0.05, 0) is 28.1 Å². The highest BCUT2D eigenvalue weighted by Crippen LogP contribution is 2.25. The normalized spacial score (nSPS) is 20.0. The fourth-order valence-electron chi connectivity index (χ4n) is 1.55. The SMILES string of the molecule is O=C(Nc1c(F)cccc1Br)C1CNCCO1. The molecule has 1 aliphatic rings. The molecule has 1 unspecified atom stereocenters. The van der Waals surface area contributed by atoms with Crippen LogP contribution in [-0.2, 0) is 9.53 Å². The molecule has 0 radical (unpaired) electrons. The second-order valence-electron chi connectivity index (χ2n) is 3.65. The summed E-state index contributed by atoms with van der Waals surface area (Å²) in [5.74, 6) is -0.820. The summed E-state index contributed by atoms with van der Waals surface area (Å²) in [5.41, 5.74) is 0.145. The van der Waals surface area contributed by atoms with Crippen molar-refractivity contribution in [3.05, 3.63) is 28.5 Å². The lowest BCUT2D eigenvalue weighted by molar-refractivity contribution is -0.128. The van der Waals surface area contributed by atoms with E-state index in [1.165, 1.54) is 6.07 Å². The number of ether oxygens (including phenoxy) is 1. The molecule has 1 saturated heterocycles. The van der Waals surface area contributed by atoms with E-state index in [1.54, 1.807) is 12.1 Å². The summed E-state index contributed by atoms with van der Waals surface area (Å²) in [4.78, 5) is 11.8. The Balaban J connectivity index is 2.07. The van der Waals surface area contributed by atoms with Crippen molar-refractivity contribution in [2.45, 2.75) is 6.10 Å². The van der Waals surface area contributed by atoms with E-state index < -0.39 is 11.9 Å². The molecule has 6 heteroatoms. The number of benzene rings is 1. The first-order valence-corrected chi connectivity index (χ1v) is 6.05. The molecule has 2 N–H and O–H groups in total. The molecular formula is C11H12BrFN2O2. The van der Waals surface area contributed by atoms with Gasteiger partial charge in [-0.25, -0.2) is 4.39 Å². The van der Waals surface area contributed by atoms with Crippen LogP contribution in [0.25, 0.3) is 0 Å². The summed E-state index contributed by atoms with van der Waals surface area (Å²) in [6.45, 7) is 1.65. The summed E-state index contributed by atoms with van der Waals surface area (Å²) in [6.07, 6.45) is -0.574. The van der Waals surface area contributed by atoms with E-state index in [0.717, 1.165) is 6.54 Å². The number of para-hydroxylation sites is 1. The van der Waals surface area contributed by atoms with Gasteiger partial charge in [0.05, 0.1) is 12.3 Å². The first kappa shape index (κ1) is 12.5. The molecule has 4 nitrogen and oxygen atoms in total. The molecule has 1 heterocycles. The standard InChI is InChI=1S/C11H12BrFN2O2/c12-7-2-1-3-8(13)10(7)15-11(16)9-6-14-4-5-17-9/h1-3,9,14H,4-6H2,(H,15,16). The Kier molecular flexibility index (Phi) is 4.09. The van der Waals surface area contributed by atoms with Gasteiger partial charge >= 0.3 is 0 Å². The molecule has 2 rings (SSSR count). The highest BCUT2D eigenvalue weighted by molar-refractivity contribution is 9.10. The highest BCUT2D eigenvalue weighted by atomic mass is 79.9. The number of nitrogens with one attached hydrogen (secondary N) is 2. The fourth-order valence-corrected chi connectivity index (χ4v) is 2.00. The summed E-state index contributed by atoms with van der Waals surface area (Å²) in [5, 5.41) is 5.56. The maximum atomic E-state index is 13.5. The number of anilines is 1. The van der Waals surface area contributed by atoms with Crippen molar-refractivity contribution in [2.24, 2.45) is 0 Å². The van der Waals surface area contributed by atoms with E-state index in [9.17, 15) is 9.18 Å². The van der Waals surface area contributed by atoms with Gasteiger partial charge in [-0.2, -0.15) is 0 Å². The Bertz CT molecular complexity index is 402. The van der Waals surface area contributed by atoms with Crippen LogP contribution in [0, 0.1) is 5.82 Å². The average molecular weight is 303 g/mol. The number of hydrogen-bond acceptors (Lipinski definition) is 3. The predicted octanol–water partition coefficient (Wildman–Crippen LogP) is 1.52. The van der Waals surface area contributed by atoms with Gasteiger partial charge < -0.3 is 15.4 Å². The number of rotatable bonds is 2. The van der Waals surface area contributed by atoms with Gasteiger partial charge in [-0.3, -0.25) is 4.79 Å². The number of carbonyl (C=O) groups is 1. The number of amides is 1. The van der Waals surface area contributed by atoms with Crippen molar-refractivity contribution in [2.75, 3.05) is 25.0 Å². The van der Waals surface area contributed by atoms with Crippen molar-refractivity contribution in [1.82, 2.24) is 5.32 Å². The number of halogens is 2. The zero-order valence-corrected chi connectivity index (χ0v) is 10.6. The molecule has 1 aromatic rings. The first-order chi connectivity index (χ1) is 8.18. The Labute approximate surface area is 107 Å². The summed E-state index contributed by atoms with van der Waals surface area (Å²) in [6, 6.07) is 4.52. The van der Waals surface area contributed by atoms with Gasteiger partial charge in [0.25, 0.3) is 5.91 Å². The Morgan fingerprint density at radius 3 is 3.06 bits per heavy atom. The van der Waals surface area contributed by atoms with E-state index in [1.807, 2.05) is 0 Å². The van der Waals surface area contributed by atoms with Crippen molar-refractivity contribution in [3.8, 4) is 0 Å². The second-order valence-corrected chi connectivity index (χ2v) is 4.50. The number of morpholine rings is 1. The molecule has 92 valence electrons. The van der Waals surface area contributed by atoms with Crippen molar-refractivity contribution >= 4 is 27.5 Å². The van der Waals surface area contributed by atoms with Gasteiger partial charge in [-0.1, -0.05) is 6.07 Å². The fraction of sp³-hybridized carbons (Fsp3) is 0.364. The van der Waals surface area contributed by atoms with Crippen LogP contribution in [0.1, 0.15) is 0 Å². The minimum absolute atomic E-state index is 0.145. The molecule has 1 aliphatic heterocycles. The van der Waals surface area contributed by atoms with Crippen LogP contribution in [0.15, 0.2) is 22.7 Å². The highest BCUT2D eigenvalue weighted by Gasteiger charge is 2.23. The molecule has 1 aromatic carbocycles. The van der Waals surface area contributed by atoms with Crippen molar-refractivity contribution < 1.29 is 13.9 Å². The van der Waals surface area contributed by atoms with Gasteiger partial charge in [0, 0.05) is 17.6 Å². The molecule has 1 fully saturated rings. The molecule has 1 amide bonds. The molecule has 0 aliphatic carbocycles. The molecule has 1 atom stereocenters. The average Bonchev–Trinajstić information content (AvgIpc) is 2.35. The van der Waals surface area contributed by atoms with Crippen LogP contribution in [0.4, 0.5) is 10.1 Å². The van der Waals surface area contributed by atoms with Crippen molar-refractivity contribution in [1.29, 1.82) is 0 Å². The zero-order valence-electron chi connectivity index (χ0n) is 9.00. The Hall–Kier alpha value is -0.980. The van der Waals surface area contributed by atoms with Crippen LogP contribution >= 0.6 is 15.9 Å². The van der Waals surface area contributed by atoms with Gasteiger partial charge in [0.1, 0.15) is 11.9 Å². The molecular weight excluding hydrogens is 291 g/mol. The van der Waals surface area contributed by atoms with Crippen molar-refractivity contribution in [3.63, 3.8) is 0 Å². The quantitative estimate of drug-likeness (QED) is 0.871. The van der Waals surface area contributed by atoms with Crippen LogP contribution in [0.5, 0.6) is 0 Å². The van der Waals surface area contributed by atoms with E-state index in [-0.39, 0.29) is 11.6 Å². The Morgan fingerprint density at radius 1 is 1.59 bits per heavy atom. The lowest BCUT2D eigenvalue weighted by Crippen LogP contribution is -2.45. The maximum Gasteiger partial charge on any atom is 0.254 e. The zero-order chi connectivity index (χ0) is 12.3. The van der Waals surface area contributed by atoms with Crippen LogP contribution in [-0.4, -0.2) is 31.7 Å². The smallest absolute Gasteiger partial charge is 0.254 e. The topological polar surface area (TPSA) is 50.4 Å². The molecule has 0 spiro atoms. The lowest BCUT2D eigenvalue weighted by atomic mass is 10.2. The first-order valence-electron chi connectivity index (χ1n) is 5.25. The summed E-state index contributed by atoms with van der Waals surface area (Å²) >= 11 is 3.19. The molecule has 0 bridgehead atoms. The van der Waals surface area contributed by atoms with E-state index in [4.69, 9.17) is 4.74 Å². The van der Waals surface area contributed by atoms with Gasteiger partial charge in [0.2, 0.25) is 0 Å². The lowest BCUT2D eigenvalue weighted by Gasteiger charge is -2.23. The van der Waals surface area contributed by atoms with Crippen LogP contribution in [0.3, 0.4) is 0 Å². The Morgan fingerprint density at radius 2 is 2.41 bits per heavy atom. The maximum absolute atomic E-state index is 13.5. The number of hydrogen-bond donors (Lipinski definition) is 2. The second kappa shape index (κ2) is 5.57. The van der Waals surface area contributed by atoms with E-state index in [0.29, 0.717) is 17.6 Å². The predicted molar refractivity (Wildman–Crippen MR) is 65.3 cm³/mol. The number of carbonyl (C=O) groups excluding carboxylic acids is 1. The third-order valence-electron chi connectivity index (χ3n) is 2.43. The van der Waals surface area contributed by atoms with Gasteiger partial charge in [0.15, 0.2) is 0 Å². The third kappa shape index (κ3) is 3.02. The minimum Gasteiger partial charge on any atom is -0.366 e. The third-order valence-corrected chi connectivity index (χ3v) is 3.09. The monoisotopic (exact) mass is 302 g/mol.